The zero-order valence-electron chi connectivity index (χ0n) is 9.24. The molecule has 1 rings (SSSR count). The minimum Gasteiger partial charge on any atom is -0.459 e. The van der Waals surface area contributed by atoms with Gasteiger partial charge in [-0.05, 0) is 25.5 Å². The maximum atomic E-state index is 11.3. The SMILES string of the molecule is CCC(C)NC(=O)NNC(=O)c1ccco1. The van der Waals surface area contributed by atoms with Crippen LogP contribution in [0.3, 0.4) is 0 Å². The topological polar surface area (TPSA) is 83.4 Å². The van der Waals surface area contributed by atoms with Gasteiger partial charge in [0.2, 0.25) is 0 Å². The molecule has 0 radical (unpaired) electrons. The Balaban J connectivity index is 2.29. The normalized spacial score (nSPS) is 11.6. The van der Waals surface area contributed by atoms with E-state index in [9.17, 15) is 9.59 Å². The molecular formula is C10H15N3O3. The highest BCUT2D eigenvalue weighted by Gasteiger charge is 2.10. The third kappa shape index (κ3) is 3.64. The average Bonchev–Trinajstić information content (AvgIpc) is 2.79. The first-order chi connectivity index (χ1) is 7.63. The van der Waals surface area contributed by atoms with Crippen LogP contribution in [0.4, 0.5) is 4.79 Å². The molecule has 88 valence electrons. The van der Waals surface area contributed by atoms with E-state index in [4.69, 9.17) is 4.42 Å². The van der Waals surface area contributed by atoms with Gasteiger partial charge in [-0.15, -0.1) is 0 Å². The number of hydrogen-bond donors (Lipinski definition) is 3. The van der Waals surface area contributed by atoms with Crippen LogP contribution in [0.15, 0.2) is 22.8 Å². The molecule has 0 aliphatic heterocycles. The number of hydrazine groups is 1. The van der Waals surface area contributed by atoms with Crippen molar-refractivity contribution in [2.45, 2.75) is 26.3 Å². The van der Waals surface area contributed by atoms with E-state index in [0.29, 0.717) is 0 Å². The predicted octanol–water partition coefficient (Wildman–Crippen LogP) is 1.02. The maximum Gasteiger partial charge on any atom is 0.333 e. The molecule has 1 atom stereocenters. The van der Waals surface area contributed by atoms with Crippen LogP contribution in [0.2, 0.25) is 0 Å². The van der Waals surface area contributed by atoms with Crippen LogP contribution >= 0.6 is 0 Å². The summed E-state index contributed by atoms with van der Waals surface area (Å²) in [5.41, 5.74) is 4.45. The zero-order chi connectivity index (χ0) is 12.0. The van der Waals surface area contributed by atoms with Crippen molar-refractivity contribution >= 4 is 11.9 Å². The lowest BCUT2D eigenvalue weighted by atomic mass is 10.3. The average molecular weight is 225 g/mol. The second-order valence-electron chi connectivity index (χ2n) is 3.34. The van der Waals surface area contributed by atoms with E-state index in [1.807, 2.05) is 13.8 Å². The first-order valence-corrected chi connectivity index (χ1v) is 5.03. The Morgan fingerprint density at radius 3 is 2.75 bits per heavy atom. The van der Waals surface area contributed by atoms with Gasteiger partial charge in [0.15, 0.2) is 5.76 Å². The van der Waals surface area contributed by atoms with E-state index >= 15 is 0 Å². The molecule has 3 amide bonds. The predicted molar refractivity (Wildman–Crippen MR) is 57.6 cm³/mol. The van der Waals surface area contributed by atoms with E-state index in [1.165, 1.54) is 12.3 Å². The van der Waals surface area contributed by atoms with Gasteiger partial charge in [0.1, 0.15) is 0 Å². The van der Waals surface area contributed by atoms with E-state index in [-0.39, 0.29) is 11.8 Å². The fourth-order valence-corrected chi connectivity index (χ4v) is 0.945. The van der Waals surface area contributed by atoms with Crippen molar-refractivity contribution in [3.63, 3.8) is 0 Å². The van der Waals surface area contributed by atoms with Gasteiger partial charge in [-0.1, -0.05) is 6.92 Å². The highest BCUT2D eigenvalue weighted by Crippen LogP contribution is 1.97. The molecule has 0 aliphatic carbocycles. The number of urea groups is 1. The van der Waals surface area contributed by atoms with Gasteiger partial charge in [0.05, 0.1) is 6.26 Å². The highest BCUT2D eigenvalue weighted by atomic mass is 16.3. The van der Waals surface area contributed by atoms with Crippen LogP contribution < -0.4 is 16.2 Å². The Morgan fingerprint density at radius 1 is 1.44 bits per heavy atom. The molecular weight excluding hydrogens is 210 g/mol. The number of hydrogen-bond acceptors (Lipinski definition) is 3. The number of nitrogens with one attached hydrogen (secondary N) is 3. The van der Waals surface area contributed by atoms with E-state index in [1.54, 1.807) is 6.07 Å². The standard InChI is InChI=1S/C10H15N3O3/c1-3-7(2)11-10(15)13-12-9(14)8-5-4-6-16-8/h4-7H,3H2,1-2H3,(H,12,14)(H2,11,13,15). The van der Waals surface area contributed by atoms with Crippen LogP contribution in [-0.2, 0) is 0 Å². The lowest BCUT2D eigenvalue weighted by Gasteiger charge is -2.12. The number of rotatable bonds is 3. The molecule has 1 heterocycles. The minimum atomic E-state index is -0.496. The first-order valence-electron chi connectivity index (χ1n) is 5.03. The molecule has 6 nitrogen and oxygen atoms in total. The summed E-state index contributed by atoms with van der Waals surface area (Å²) >= 11 is 0. The number of carbonyl (C=O) groups is 2. The van der Waals surface area contributed by atoms with E-state index < -0.39 is 11.9 Å². The molecule has 1 unspecified atom stereocenters. The first kappa shape index (κ1) is 12.1. The monoisotopic (exact) mass is 225 g/mol. The molecule has 1 aromatic heterocycles. The molecule has 6 heteroatoms. The summed E-state index contributed by atoms with van der Waals surface area (Å²) in [5.74, 6) is -0.354. The van der Waals surface area contributed by atoms with Gasteiger partial charge in [-0.3, -0.25) is 10.2 Å². The maximum absolute atomic E-state index is 11.3. The molecule has 0 spiro atoms. The highest BCUT2D eigenvalue weighted by molar-refractivity contribution is 5.92. The molecule has 1 aromatic rings. The van der Waals surface area contributed by atoms with Gasteiger partial charge in [0.25, 0.3) is 0 Å². The number of furan rings is 1. The van der Waals surface area contributed by atoms with E-state index in [2.05, 4.69) is 16.2 Å². The molecule has 0 aromatic carbocycles. The summed E-state index contributed by atoms with van der Waals surface area (Å²) in [7, 11) is 0. The smallest absolute Gasteiger partial charge is 0.333 e. The summed E-state index contributed by atoms with van der Waals surface area (Å²) in [6.07, 6.45) is 2.20. The third-order valence-corrected chi connectivity index (χ3v) is 2.02. The fraction of sp³-hybridized carbons (Fsp3) is 0.400. The van der Waals surface area contributed by atoms with Crippen LogP contribution in [-0.4, -0.2) is 18.0 Å². The number of amides is 3. The van der Waals surface area contributed by atoms with Crippen molar-refractivity contribution in [3.05, 3.63) is 24.2 Å². The van der Waals surface area contributed by atoms with Gasteiger partial charge in [0, 0.05) is 6.04 Å². The molecule has 16 heavy (non-hydrogen) atoms. The second kappa shape index (κ2) is 5.79. The quantitative estimate of drug-likeness (QED) is 0.671. The lowest BCUT2D eigenvalue weighted by Crippen LogP contribution is -2.49. The van der Waals surface area contributed by atoms with Gasteiger partial charge < -0.3 is 9.73 Å². The molecule has 0 saturated heterocycles. The molecule has 0 bridgehead atoms. The lowest BCUT2D eigenvalue weighted by molar-refractivity contribution is 0.0908. The van der Waals surface area contributed by atoms with Gasteiger partial charge >= 0.3 is 11.9 Å². The largest absolute Gasteiger partial charge is 0.459 e. The Hall–Kier alpha value is -1.98. The van der Waals surface area contributed by atoms with Crippen LogP contribution in [0, 0.1) is 0 Å². The molecule has 0 aliphatic rings. The van der Waals surface area contributed by atoms with Crippen LogP contribution in [0.1, 0.15) is 30.8 Å². The molecule has 0 saturated carbocycles. The van der Waals surface area contributed by atoms with Crippen LogP contribution in [0.5, 0.6) is 0 Å². The Labute approximate surface area is 93.4 Å². The van der Waals surface area contributed by atoms with Crippen molar-refractivity contribution in [2.75, 3.05) is 0 Å². The zero-order valence-corrected chi connectivity index (χ0v) is 9.24. The van der Waals surface area contributed by atoms with Crippen molar-refractivity contribution in [3.8, 4) is 0 Å². The third-order valence-electron chi connectivity index (χ3n) is 2.02. The van der Waals surface area contributed by atoms with Crippen LogP contribution in [0.25, 0.3) is 0 Å². The van der Waals surface area contributed by atoms with Crippen molar-refractivity contribution < 1.29 is 14.0 Å². The summed E-state index contributed by atoms with van der Waals surface area (Å²) in [5, 5.41) is 2.63. The Kier molecular flexibility index (Phi) is 4.38. The Bertz CT molecular complexity index is 348. The van der Waals surface area contributed by atoms with Crippen molar-refractivity contribution in [2.24, 2.45) is 0 Å². The summed E-state index contributed by atoms with van der Waals surface area (Å²) in [6, 6.07) is 2.70. The van der Waals surface area contributed by atoms with Gasteiger partial charge in [-0.2, -0.15) is 0 Å². The fourth-order valence-electron chi connectivity index (χ4n) is 0.945. The molecule has 3 N–H and O–H groups in total. The summed E-state index contributed by atoms with van der Waals surface area (Å²) < 4.78 is 4.85. The summed E-state index contributed by atoms with van der Waals surface area (Å²) in [6.45, 7) is 3.82. The van der Waals surface area contributed by atoms with E-state index in [0.717, 1.165) is 6.42 Å². The summed E-state index contributed by atoms with van der Waals surface area (Å²) in [4.78, 5) is 22.5. The minimum absolute atomic E-state index is 0.0560. The van der Waals surface area contributed by atoms with Crippen molar-refractivity contribution in [1.82, 2.24) is 16.2 Å². The van der Waals surface area contributed by atoms with Gasteiger partial charge in [-0.25, -0.2) is 10.2 Å². The number of carbonyl (C=O) groups excluding carboxylic acids is 2. The molecule has 0 fully saturated rings. The second-order valence-corrected chi connectivity index (χ2v) is 3.34. The van der Waals surface area contributed by atoms with Crippen molar-refractivity contribution in [1.29, 1.82) is 0 Å². The Morgan fingerprint density at radius 2 is 2.19 bits per heavy atom.